The molecule has 2 aromatic rings. The van der Waals surface area contributed by atoms with Gasteiger partial charge in [-0.05, 0) is 42.3 Å². The number of hydrogen-bond acceptors (Lipinski definition) is 1. The van der Waals surface area contributed by atoms with Gasteiger partial charge < -0.3 is 5.32 Å². The molecule has 0 bridgehead atoms. The first-order valence-electron chi connectivity index (χ1n) is 5.50. The van der Waals surface area contributed by atoms with E-state index in [-0.39, 0.29) is 0 Å². The second kappa shape index (κ2) is 5.96. The van der Waals surface area contributed by atoms with Crippen molar-refractivity contribution in [3.63, 3.8) is 0 Å². The Morgan fingerprint density at radius 3 is 2.56 bits per heavy atom. The summed E-state index contributed by atoms with van der Waals surface area (Å²) in [6, 6.07) is 11.7. The lowest BCUT2D eigenvalue weighted by molar-refractivity contribution is 1.15. The molecule has 94 valence electrons. The van der Waals surface area contributed by atoms with Gasteiger partial charge in [0.1, 0.15) is 0 Å². The third kappa shape index (κ3) is 3.41. The number of rotatable bonds is 3. The standard InChI is InChI=1S/C14H12BrCl2N/c1-9-2-5-12(16)14(6-9)18-8-10-3-4-11(15)7-13(10)17/h2-7,18H,8H2,1H3. The second-order valence-corrected chi connectivity index (χ2v) is 5.80. The zero-order valence-corrected chi connectivity index (χ0v) is 12.9. The highest BCUT2D eigenvalue weighted by molar-refractivity contribution is 9.10. The van der Waals surface area contributed by atoms with Gasteiger partial charge in [-0.25, -0.2) is 0 Å². The third-order valence-electron chi connectivity index (χ3n) is 2.61. The number of nitrogens with one attached hydrogen (secondary N) is 1. The van der Waals surface area contributed by atoms with E-state index in [1.807, 2.05) is 43.3 Å². The maximum Gasteiger partial charge on any atom is 0.0637 e. The van der Waals surface area contributed by atoms with Crippen LogP contribution in [0.4, 0.5) is 5.69 Å². The van der Waals surface area contributed by atoms with Crippen LogP contribution in [0.25, 0.3) is 0 Å². The topological polar surface area (TPSA) is 12.0 Å². The van der Waals surface area contributed by atoms with Crippen LogP contribution >= 0.6 is 39.1 Å². The van der Waals surface area contributed by atoms with Crippen LogP contribution in [0.15, 0.2) is 40.9 Å². The molecule has 0 radical (unpaired) electrons. The fourth-order valence-electron chi connectivity index (χ4n) is 1.63. The number of aryl methyl sites for hydroxylation is 1. The Morgan fingerprint density at radius 1 is 1.06 bits per heavy atom. The van der Waals surface area contributed by atoms with Crippen molar-refractivity contribution in [2.24, 2.45) is 0 Å². The molecule has 0 atom stereocenters. The van der Waals surface area contributed by atoms with E-state index in [1.165, 1.54) is 5.56 Å². The number of benzene rings is 2. The van der Waals surface area contributed by atoms with Gasteiger partial charge in [0, 0.05) is 16.0 Å². The van der Waals surface area contributed by atoms with Gasteiger partial charge >= 0.3 is 0 Å². The van der Waals surface area contributed by atoms with Gasteiger partial charge in [-0.15, -0.1) is 0 Å². The molecule has 0 saturated heterocycles. The Bertz CT molecular complexity index is 570. The van der Waals surface area contributed by atoms with Gasteiger partial charge in [-0.1, -0.05) is 51.3 Å². The quantitative estimate of drug-likeness (QED) is 0.755. The summed E-state index contributed by atoms with van der Waals surface area (Å²) in [6.45, 7) is 2.68. The molecule has 0 fully saturated rings. The fraction of sp³-hybridized carbons (Fsp3) is 0.143. The Morgan fingerprint density at radius 2 is 1.83 bits per heavy atom. The molecule has 2 aromatic carbocycles. The zero-order chi connectivity index (χ0) is 13.1. The van der Waals surface area contributed by atoms with Crippen molar-refractivity contribution in [3.05, 3.63) is 62.0 Å². The Balaban J connectivity index is 2.13. The molecular weight excluding hydrogens is 333 g/mol. The molecule has 0 spiro atoms. The van der Waals surface area contributed by atoms with Crippen LogP contribution in [0.1, 0.15) is 11.1 Å². The van der Waals surface area contributed by atoms with Crippen LogP contribution in [0.3, 0.4) is 0 Å². The minimum atomic E-state index is 0.648. The summed E-state index contributed by atoms with van der Waals surface area (Å²) in [6.07, 6.45) is 0. The minimum absolute atomic E-state index is 0.648. The molecule has 0 aliphatic heterocycles. The van der Waals surface area contributed by atoms with Crippen LogP contribution < -0.4 is 5.32 Å². The summed E-state index contributed by atoms with van der Waals surface area (Å²) in [5, 5.41) is 4.75. The van der Waals surface area contributed by atoms with E-state index in [0.717, 1.165) is 20.7 Å². The normalized spacial score (nSPS) is 10.4. The maximum atomic E-state index is 6.16. The summed E-state index contributed by atoms with van der Waals surface area (Å²) in [5.41, 5.74) is 3.14. The van der Waals surface area contributed by atoms with Gasteiger partial charge in [0.05, 0.1) is 10.7 Å². The minimum Gasteiger partial charge on any atom is -0.380 e. The number of halogens is 3. The van der Waals surface area contributed by atoms with Crippen LogP contribution in [0.5, 0.6) is 0 Å². The van der Waals surface area contributed by atoms with Crippen molar-refractivity contribution in [3.8, 4) is 0 Å². The molecular formula is C14H12BrCl2N. The van der Waals surface area contributed by atoms with Gasteiger partial charge in [0.25, 0.3) is 0 Å². The van der Waals surface area contributed by atoms with E-state index in [2.05, 4.69) is 21.2 Å². The predicted molar refractivity (Wildman–Crippen MR) is 82.7 cm³/mol. The van der Waals surface area contributed by atoms with Gasteiger partial charge in [0.15, 0.2) is 0 Å². The maximum absolute atomic E-state index is 6.16. The Kier molecular flexibility index (Phi) is 4.55. The summed E-state index contributed by atoms with van der Waals surface area (Å²) in [5.74, 6) is 0. The lowest BCUT2D eigenvalue weighted by Gasteiger charge is -2.10. The van der Waals surface area contributed by atoms with Crippen LogP contribution in [-0.2, 0) is 6.54 Å². The molecule has 2 rings (SSSR count). The van der Waals surface area contributed by atoms with Crippen LogP contribution in [-0.4, -0.2) is 0 Å². The molecule has 18 heavy (non-hydrogen) atoms. The van der Waals surface area contributed by atoms with Crippen LogP contribution in [0.2, 0.25) is 10.0 Å². The van der Waals surface area contributed by atoms with Crippen molar-refractivity contribution in [2.75, 3.05) is 5.32 Å². The Labute approximate surface area is 125 Å². The molecule has 0 heterocycles. The summed E-state index contributed by atoms with van der Waals surface area (Å²) < 4.78 is 0.977. The average molecular weight is 345 g/mol. The molecule has 0 unspecified atom stereocenters. The van der Waals surface area contributed by atoms with E-state index in [9.17, 15) is 0 Å². The van der Waals surface area contributed by atoms with Gasteiger partial charge in [-0.3, -0.25) is 0 Å². The summed E-state index contributed by atoms with van der Waals surface area (Å²) in [4.78, 5) is 0. The molecule has 1 N–H and O–H groups in total. The fourth-order valence-corrected chi connectivity index (χ4v) is 2.55. The van der Waals surface area contributed by atoms with Crippen LogP contribution in [0, 0.1) is 6.92 Å². The highest BCUT2D eigenvalue weighted by Crippen LogP contribution is 2.26. The summed E-state index contributed by atoms with van der Waals surface area (Å²) >= 11 is 15.7. The van der Waals surface area contributed by atoms with Crippen molar-refractivity contribution < 1.29 is 0 Å². The monoisotopic (exact) mass is 343 g/mol. The smallest absolute Gasteiger partial charge is 0.0637 e. The first-order chi connectivity index (χ1) is 8.56. The largest absolute Gasteiger partial charge is 0.380 e. The van der Waals surface area contributed by atoms with E-state index < -0.39 is 0 Å². The molecule has 0 aliphatic carbocycles. The molecule has 0 saturated carbocycles. The highest BCUT2D eigenvalue weighted by Gasteiger charge is 2.03. The first kappa shape index (κ1) is 13.7. The third-order valence-corrected chi connectivity index (χ3v) is 3.78. The van der Waals surface area contributed by atoms with E-state index in [0.29, 0.717) is 11.6 Å². The van der Waals surface area contributed by atoms with Crippen molar-refractivity contribution in [1.82, 2.24) is 0 Å². The number of anilines is 1. The molecule has 0 aromatic heterocycles. The molecule has 0 aliphatic rings. The van der Waals surface area contributed by atoms with E-state index in [4.69, 9.17) is 23.2 Å². The SMILES string of the molecule is Cc1ccc(Cl)c(NCc2ccc(Br)cc2Cl)c1. The summed E-state index contributed by atoms with van der Waals surface area (Å²) in [7, 11) is 0. The van der Waals surface area contributed by atoms with Gasteiger partial charge in [-0.2, -0.15) is 0 Å². The second-order valence-electron chi connectivity index (χ2n) is 4.07. The lowest BCUT2D eigenvalue weighted by Crippen LogP contribution is -2.00. The van der Waals surface area contributed by atoms with Crippen molar-refractivity contribution in [1.29, 1.82) is 0 Å². The average Bonchev–Trinajstić information content (AvgIpc) is 2.32. The van der Waals surface area contributed by atoms with E-state index in [1.54, 1.807) is 0 Å². The zero-order valence-electron chi connectivity index (χ0n) is 9.81. The van der Waals surface area contributed by atoms with Crippen molar-refractivity contribution in [2.45, 2.75) is 13.5 Å². The molecule has 0 amide bonds. The Hall–Kier alpha value is -0.700. The highest BCUT2D eigenvalue weighted by atomic mass is 79.9. The predicted octanol–water partition coefficient (Wildman–Crippen LogP) is 5.68. The molecule has 4 heteroatoms. The van der Waals surface area contributed by atoms with Crippen molar-refractivity contribution >= 4 is 44.8 Å². The first-order valence-corrected chi connectivity index (χ1v) is 7.05. The number of hydrogen-bond donors (Lipinski definition) is 1. The van der Waals surface area contributed by atoms with Gasteiger partial charge in [0.2, 0.25) is 0 Å². The molecule has 1 nitrogen and oxygen atoms in total. The van der Waals surface area contributed by atoms with E-state index >= 15 is 0 Å². The lowest BCUT2D eigenvalue weighted by atomic mass is 10.2.